The van der Waals surface area contributed by atoms with Crippen LogP contribution < -0.4 is 40.0 Å². The van der Waals surface area contributed by atoms with Gasteiger partial charge in [0.15, 0.2) is 0 Å². The molecular formula is C8H14NNaO3S2. The van der Waals surface area contributed by atoms with Gasteiger partial charge in [-0.05, 0) is 6.42 Å². The first kappa shape index (κ1) is 18.0. The van der Waals surface area contributed by atoms with Gasteiger partial charge >= 0.3 is 29.6 Å². The van der Waals surface area contributed by atoms with Crippen LogP contribution in [0.1, 0.15) is 20.3 Å². The van der Waals surface area contributed by atoms with Crippen molar-refractivity contribution in [1.82, 2.24) is 5.32 Å². The summed E-state index contributed by atoms with van der Waals surface area (Å²) in [5.41, 5.74) is 0. The summed E-state index contributed by atoms with van der Waals surface area (Å²) < 4.78 is 0. The predicted molar refractivity (Wildman–Crippen MR) is 57.8 cm³/mol. The molecule has 1 atom stereocenters. The molecule has 0 unspecified atom stereocenters. The predicted octanol–water partition coefficient (Wildman–Crippen LogP) is -2.96. The van der Waals surface area contributed by atoms with E-state index in [1.165, 1.54) is 17.7 Å². The van der Waals surface area contributed by atoms with E-state index in [2.05, 4.69) is 12.2 Å². The molecule has 0 aliphatic rings. The first-order valence-corrected chi connectivity index (χ1v) is 6.79. The summed E-state index contributed by atoms with van der Waals surface area (Å²) >= 11 is 0. The van der Waals surface area contributed by atoms with Gasteiger partial charge in [0.2, 0.25) is 5.91 Å². The molecule has 4 nitrogen and oxygen atoms in total. The third-order valence-electron chi connectivity index (χ3n) is 1.27. The van der Waals surface area contributed by atoms with E-state index in [0.29, 0.717) is 5.75 Å². The molecule has 0 aliphatic heterocycles. The standard InChI is InChI=1S/C8H15NO3S2.Na/c1-3-4-13-14-5-7(8(11)12)9-6(2)10;/h7H,3-5H2,1-2H3,(H,9,10)(H,11,12);/q;+1/p-1/t7-;/m0./s1. The molecule has 15 heavy (non-hydrogen) atoms. The molecule has 0 saturated carbocycles. The van der Waals surface area contributed by atoms with E-state index >= 15 is 0 Å². The maximum Gasteiger partial charge on any atom is 1.00 e. The molecule has 0 aromatic heterocycles. The van der Waals surface area contributed by atoms with Crippen LogP contribution in [-0.4, -0.2) is 29.4 Å². The van der Waals surface area contributed by atoms with Gasteiger partial charge in [0, 0.05) is 18.4 Å². The quantitative estimate of drug-likeness (QED) is 0.300. The molecule has 0 radical (unpaired) electrons. The monoisotopic (exact) mass is 259 g/mol. The fourth-order valence-electron chi connectivity index (χ4n) is 0.672. The molecule has 82 valence electrons. The van der Waals surface area contributed by atoms with Gasteiger partial charge in [0.25, 0.3) is 0 Å². The number of rotatable bonds is 7. The van der Waals surface area contributed by atoms with E-state index in [1.807, 2.05) is 0 Å². The number of carboxylic acids is 1. The molecule has 1 amide bonds. The Bertz CT molecular complexity index is 204. The number of aliphatic carboxylic acids is 1. The summed E-state index contributed by atoms with van der Waals surface area (Å²) in [5.74, 6) is -0.262. The Morgan fingerprint density at radius 2 is 2.00 bits per heavy atom. The molecule has 0 spiro atoms. The molecule has 0 heterocycles. The molecule has 0 aromatic carbocycles. The Balaban J connectivity index is 0. The minimum atomic E-state index is -1.23. The maximum atomic E-state index is 10.6. The number of carbonyl (C=O) groups is 2. The van der Waals surface area contributed by atoms with Gasteiger partial charge in [0.05, 0.1) is 12.0 Å². The fraction of sp³-hybridized carbons (Fsp3) is 0.750. The van der Waals surface area contributed by atoms with Crippen molar-refractivity contribution in [2.24, 2.45) is 0 Å². The van der Waals surface area contributed by atoms with E-state index < -0.39 is 12.0 Å². The van der Waals surface area contributed by atoms with Gasteiger partial charge in [-0.2, -0.15) is 0 Å². The molecular weight excluding hydrogens is 245 g/mol. The molecule has 0 aromatic rings. The van der Waals surface area contributed by atoms with Gasteiger partial charge < -0.3 is 15.2 Å². The van der Waals surface area contributed by atoms with Crippen molar-refractivity contribution >= 4 is 33.5 Å². The Hall–Kier alpha value is 0.640. The second-order valence-corrected chi connectivity index (χ2v) is 5.31. The number of nitrogens with one attached hydrogen (secondary N) is 1. The van der Waals surface area contributed by atoms with Crippen LogP contribution in [0.4, 0.5) is 0 Å². The van der Waals surface area contributed by atoms with Crippen molar-refractivity contribution in [3.8, 4) is 0 Å². The van der Waals surface area contributed by atoms with Gasteiger partial charge in [-0.15, -0.1) is 0 Å². The van der Waals surface area contributed by atoms with Crippen LogP contribution in [0.2, 0.25) is 0 Å². The van der Waals surface area contributed by atoms with Crippen molar-refractivity contribution in [2.75, 3.05) is 11.5 Å². The van der Waals surface area contributed by atoms with Gasteiger partial charge in [-0.1, -0.05) is 28.5 Å². The van der Waals surface area contributed by atoms with Crippen LogP contribution in [-0.2, 0) is 9.59 Å². The molecule has 1 N–H and O–H groups in total. The van der Waals surface area contributed by atoms with Crippen molar-refractivity contribution in [3.63, 3.8) is 0 Å². The molecule has 0 rings (SSSR count). The minimum absolute atomic E-state index is 0. The number of carboxylic acid groups (broad SMARTS) is 1. The minimum Gasteiger partial charge on any atom is -0.548 e. The summed E-state index contributed by atoms with van der Waals surface area (Å²) in [5, 5.41) is 12.9. The fourth-order valence-corrected chi connectivity index (χ4v) is 2.96. The summed E-state index contributed by atoms with van der Waals surface area (Å²) in [6.07, 6.45) is 1.05. The van der Waals surface area contributed by atoms with Crippen molar-refractivity contribution in [1.29, 1.82) is 0 Å². The zero-order chi connectivity index (χ0) is 11.0. The Morgan fingerprint density at radius 1 is 1.40 bits per heavy atom. The van der Waals surface area contributed by atoms with Crippen LogP contribution in [0.5, 0.6) is 0 Å². The van der Waals surface area contributed by atoms with Gasteiger partial charge in [0.1, 0.15) is 0 Å². The Kier molecular flexibility index (Phi) is 13.4. The summed E-state index contributed by atoms with van der Waals surface area (Å²) in [4.78, 5) is 21.2. The van der Waals surface area contributed by atoms with E-state index in [4.69, 9.17) is 0 Å². The third kappa shape index (κ3) is 10.9. The zero-order valence-corrected chi connectivity index (χ0v) is 12.9. The first-order valence-electron chi connectivity index (χ1n) is 4.30. The Morgan fingerprint density at radius 3 is 2.40 bits per heavy atom. The smallest absolute Gasteiger partial charge is 0.548 e. The van der Waals surface area contributed by atoms with Crippen molar-refractivity contribution in [2.45, 2.75) is 26.3 Å². The van der Waals surface area contributed by atoms with E-state index in [-0.39, 0.29) is 35.5 Å². The topological polar surface area (TPSA) is 69.2 Å². The van der Waals surface area contributed by atoms with E-state index in [1.54, 1.807) is 10.8 Å². The summed E-state index contributed by atoms with van der Waals surface area (Å²) in [6, 6.07) is -0.887. The van der Waals surface area contributed by atoms with E-state index in [9.17, 15) is 14.7 Å². The first-order chi connectivity index (χ1) is 6.57. The third-order valence-corrected chi connectivity index (χ3v) is 3.89. The SMILES string of the molecule is CCCSSC[C@H](NC(C)=O)C(=O)[O-].[Na+]. The largest absolute Gasteiger partial charge is 1.00 e. The maximum absolute atomic E-state index is 10.6. The molecule has 0 aliphatic carbocycles. The number of carbonyl (C=O) groups excluding carboxylic acids is 2. The van der Waals surface area contributed by atoms with Crippen LogP contribution >= 0.6 is 21.6 Å². The van der Waals surface area contributed by atoms with Crippen molar-refractivity contribution < 1.29 is 44.3 Å². The van der Waals surface area contributed by atoms with Gasteiger partial charge in [-0.3, -0.25) is 4.79 Å². The van der Waals surface area contributed by atoms with E-state index in [0.717, 1.165) is 12.2 Å². The zero-order valence-electron chi connectivity index (χ0n) is 9.24. The van der Waals surface area contributed by atoms with Crippen LogP contribution in [0.15, 0.2) is 0 Å². The second-order valence-electron chi connectivity index (χ2n) is 2.68. The summed E-state index contributed by atoms with van der Waals surface area (Å²) in [6.45, 7) is 3.34. The Labute approximate surface area is 120 Å². The molecule has 0 bridgehead atoms. The molecule has 0 fully saturated rings. The van der Waals surface area contributed by atoms with Crippen LogP contribution in [0.25, 0.3) is 0 Å². The molecule has 0 saturated heterocycles. The number of hydrogen-bond acceptors (Lipinski definition) is 5. The summed E-state index contributed by atoms with van der Waals surface area (Å²) in [7, 11) is 3.04. The second kappa shape index (κ2) is 11.1. The molecule has 7 heteroatoms. The normalized spacial score (nSPS) is 11.3. The average Bonchev–Trinajstić information content (AvgIpc) is 2.09. The van der Waals surface area contributed by atoms with Gasteiger partial charge in [-0.25, -0.2) is 0 Å². The number of hydrogen-bond donors (Lipinski definition) is 1. The van der Waals surface area contributed by atoms with Crippen LogP contribution in [0.3, 0.4) is 0 Å². The number of amides is 1. The van der Waals surface area contributed by atoms with Crippen LogP contribution in [0, 0.1) is 0 Å². The van der Waals surface area contributed by atoms with Crippen molar-refractivity contribution in [3.05, 3.63) is 0 Å². The average molecular weight is 259 g/mol.